The third kappa shape index (κ3) is 4.26. The van der Waals surface area contributed by atoms with Crippen molar-refractivity contribution in [2.24, 2.45) is 0 Å². The zero-order valence-corrected chi connectivity index (χ0v) is 12.0. The lowest BCUT2D eigenvalue weighted by atomic mass is 10.3. The molecule has 0 saturated heterocycles. The normalized spacial score (nSPS) is 12.7. The average Bonchev–Trinajstić information content (AvgIpc) is 2.83. The highest BCUT2D eigenvalue weighted by molar-refractivity contribution is 7.15. The van der Waals surface area contributed by atoms with E-state index in [2.05, 4.69) is 29.0 Å². The van der Waals surface area contributed by atoms with E-state index in [-0.39, 0.29) is 0 Å². The Morgan fingerprint density at radius 1 is 1.53 bits per heavy atom. The topological polar surface area (TPSA) is 37.4 Å². The quantitative estimate of drug-likeness (QED) is 0.725. The molecule has 5 heteroatoms. The molecule has 1 atom stereocenters. The van der Waals surface area contributed by atoms with Crippen molar-refractivity contribution >= 4 is 16.5 Å². The van der Waals surface area contributed by atoms with Crippen molar-refractivity contribution < 1.29 is 4.74 Å². The standard InChI is InChI=1S/C12H23N3OS/c1-5-15(7-8-16-6-2)12-14-9-11(17-12)10(3)13-4/h9-10,13H,5-8H2,1-4H3. The highest BCUT2D eigenvalue weighted by atomic mass is 32.1. The molecule has 0 aliphatic rings. The first-order chi connectivity index (χ1) is 8.22. The molecule has 1 heterocycles. The predicted octanol–water partition coefficient (Wildman–Crippen LogP) is 2.29. The number of hydrogen-bond acceptors (Lipinski definition) is 5. The smallest absolute Gasteiger partial charge is 0.185 e. The summed E-state index contributed by atoms with van der Waals surface area (Å²) in [5, 5.41) is 4.32. The molecule has 0 radical (unpaired) electrons. The molecule has 0 spiro atoms. The third-order valence-corrected chi connectivity index (χ3v) is 3.97. The van der Waals surface area contributed by atoms with Crippen LogP contribution >= 0.6 is 11.3 Å². The van der Waals surface area contributed by atoms with E-state index in [4.69, 9.17) is 4.74 Å². The summed E-state index contributed by atoms with van der Waals surface area (Å²) in [6.45, 7) is 9.73. The van der Waals surface area contributed by atoms with Crippen molar-refractivity contribution in [1.29, 1.82) is 0 Å². The van der Waals surface area contributed by atoms with Gasteiger partial charge in [0.05, 0.1) is 6.61 Å². The molecular weight excluding hydrogens is 234 g/mol. The van der Waals surface area contributed by atoms with Gasteiger partial charge in [0.15, 0.2) is 5.13 Å². The van der Waals surface area contributed by atoms with E-state index < -0.39 is 0 Å². The van der Waals surface area contributed by atoms with E-state index in [1.165, 1.54) is 4.88 Å². The van der Waals surface area contributed by atoms with Crippen LogP contribution < -0.4 is 10.2 Å². The molecule has 17 heavy (non-hydrogen) atoms. The van der Waals surface area contributed by atoms with E-state index in [9.17, 15) is 0 Å². The number of nitrogens with one attached hydrogen (secondary N) is 1. The van der Waals surface area contributed by atoms with Gasteiger partial charge in [-0.1, -0.05) is 0 Å². The van der Waals surface area contributed by atoms with Crippen LogP contribution in [0.2, 0.25) is 0 Å². The average molecular weight is 257 g/mol. The fraction of sp³-hybridized carbons (Fsp3) is 0.750. The van der Waals surface area contributed by atoms with Gasteiger partial charge in [0, 0.05) is 36.8 Å². The van der Waals surface area contributed by atoms with Crippen LogP contribution in [0.5, 0.6) is 0 Å². The molecule has 0 saturated carbocycles. The van der Waals surface area contributed by atoms with Gasteiger partial charge in [0.1, 0.15) is 0 Å². The van der Waals surface area contributed by atoms with Gasteiger partial charge in [0.25, 0.3) is 0 Å². The number of likely N-dealkylation sites (N-methyl/N-ethyl adjacent to an activating group) is 1. The van der Waals surface area contributed by atoms with Crippen LogP contribution in [0.3, 0.4) is 0 Å². The Hall–Kier alpha value is -0.650. The number of aromatic nitrogens is 1. The molecule has 1 aromatic heterocycles. The van der Waals surface area contributed by atoms with Crippen LogP contribution in [0.1, 0.15) is 31.7 Å². The van der Waals surface area contributed by atoms with Gasteiger partial charge in [-0.2, -0.15) is 0 Å². The highest BCUT2D eigenvalue weighted by Gasteiger charge is 2.12. The van der Waals surface area contributed by atoms with Crippen LogP contribution in [-0.2, 0) is 4.74 Å². The largest absolute Gasteiger partial charge is 0.380 e. The van der Waals surface area contributed by atoms with Gasteiger partial charge < -0.3 is 15.0 Å². The molecule has 0 bridgehead atoms. The van der Waals surface area contributed by atoms with E-state index >= 15 is 0 Å². The van der Waals surface area contributed by atoms with Gasteiger partial charge in [0.2, 0.25) is 0 Å². The lowest BCUT2D eigenvalue weighted by molar-refractivity contribution is 0.154. The minimum absolute atomic E-state index is 0.367. The minimum Gasteiger partial charge on any atom is -0.380 e. The van der Waals surface area contributed by atoms with Crippen molar-refractivity contribution in [2.75, 3.05) is 38.3 Å². The number of nitrogens with zero attached hydrogens (tertiary/aromatic N) is 2. The number of anilines is 1. The predicted molar refractivity (Wildman–Crippen MR) is 74.0 cm³/mol. The highest BCUT2D eigenvalue weighted by Crippen LogP contribution is 2.26. The van der Waals surface area contributed by atoms with Gasteiger partial charge in [-0.25, -0.2) is 4.98 Å². The van der Waals surface area contributed by atoms with Crippen molar-refractivity contribution in [3.8, 4) is 0 Å². The summed E-state index contributed by atoms with van der Waals surface area (Å²) in [6.07, 6.45) is 1.96. The summed E-state index contributed by atoms with van der Waals surface area (Å²) in [5.74, 6) is 0. The molecule has 1 N–H and O–H groups in total. The summed E-state index contributed by atoms with van der Waals surface area (Å²) in [7, 11) is 1.97. The number of ether oxygens (including phenoxy) is 1. The summed E-state index contributed by atoms with van der Waals surface area (Å²) in [4.78, 5) is 8.02. The lowest BCUT2D eigenvalue weighted by Crippen LogP contribution is -2.26. The molecule has 0 aliphatic carbocycles. The molecule has 1 unspecified atom stereocenters. The summed E-state index contributed by atoms with van der Waals surface area (Å²) >= 11 is 1.75. The van der Waals surface area contributed by atoms with E-state index in [1.54, 1.807) is 11.3 Å². The second kappa shape index (κ2) is 7.63. The Kier molecular flexibility index (Phi) is 6.47. The second-order valence-corrected chi connectivity index (χ2v) is 4.87. The molecule has 0 aromatic carbocycles. The minimum atomic E-state index is 0.367. The van der Waals surface area contributed by atoms with Crippen molar-refractivity contribution in [3.63, 3.8) is 0 Å². The zero-order chi connectivity index (χ0) is 12.7. The van der Waals surface area contributed by atoms with Gasteiger partial charge in [-0.3, -0.25) is 0 Å². The molecule has 1 aromatic rings. The Labute approximate surface area is 108 Å². The maximum atomic E-state index is 5.39. The molecule has 98 valence electrons. The fourth-order valence-electron chi connectivity index (χ4n) is 1.47. The first-order valence-electron chi connectivity index (χ1n) is 6.18. The number of rotatable bonds is 8. The first kappa shape index (κ1) is 14.4. The molecule has 0 amide bonds. The van der Waals surface area contributed by atoms with Crippen molar-refractivity contribution in [1.82, 2.24) is 10.3 Å². The Bertz CT molecular complexity index is 316. The Morgan fingerprint density at radius 2 is 2.29 bits per heavy atom. The maximum absolute atomic E-state index is 5.39. The monoisotopic (exact) mass is 257 g/mol. The van der Waals surface area contributed by atoms with Crippen LogP contribution in [0.25, 0.3) is 0 Å². The fourth-order valence-corrected chi connectivity index (χ4v) is 2.54. The van der Waals surface area contributed by atoms with E-state index in [0.29, 0.717) is 6.04 Å². The van der Waals surface area contributed by atoms with Crippen LogP contribution in [0.15, 0.2) is 6.20 Å². The van der Waals surface area contributed by atoms with Gasteiger partial charge in [-0.15, -0.1) is 11.3 Å². The summed E-state index contributed by atoms with van der Waals surface area (Å²) < 4.78 is 5.39. The number of hydrogen-bond donors (Lipinski definition) is 1. The Balaban J connectivity index is 2.59. The maximum Gasteiger partial charge on any atom is 0.185 e. The van der Waals surface area contributed by atoms with E-state index in [1.807, 2.05) is 20.2 Å². The molecular formula is C12H23N3OS. The number of thiazole rings is 1. The van der Waals surface area contributed by atoms with Gasteiger partial charge >= 0.3 is 0 Å². The van der Waals surface area contributed by atoms with Crippen LogP contribution in [0, 0.1) is 0 Å². The van der Waals surface area contributed by atoms with Crippen LogP contribution in [-0.4, -0.2) is 38.3 Å². The third-order valence-electron chi connectivity index (χ3n) is 2.73. The van der Waals surface area contributed by atoms with Crippen molar-refractivity contribution in [2.45, 2.75) is 26.8 Å². The zero-order valence-electron chi connectivity index (χ0n) is 11.2. The molecule has 0 aliphatic heterocycles. The van der Waals surface area contributed by atoms with Crippen LogP contribution in [0.4, 0.5) is 5.13 Å². The van der Waals surface area contributed by atoms with E-state index in [0.717, 1.165) is 31.4 Å². The molecule has 1 rings (SSSR count). The lowest BCUT2D eigenvalue weighted by Gasteiger charge is -2.19. The second-order valence-electron chi connectivity index (χ2n) is 3.83. The Morgan fingerprint density at radius 3 is 2.88 bits per heavy atom. The summed E-state index contributed by atoms with van der Waals surface area (Å²) in [5.41, 5.74) is 0. The molecule has 4 nitrogen and oxygen atoms in total. The summed E-state index contributed by atoms with van der Waals surface area (Å²) in [6, 6.07) is 0.367. The van der Waals surface area contributed by atoms with Crippen molar-refractivity contribution in [3.05, 3.63) is 11.1 Å². The SMILES string of the molecule is CCOCCN(CC)c1ncc(C(C)NC)s1. The first-order valence-corrected chi connectivity index (χ1v) is 7.00. The molecule has 0 fully saturated rings. The van der Waals surface area contributed by atoms with Gasteiger partial charge in [-0.05, 0) is 27.8 Å².